The van der Waals surface area contributed by atoms with Crippen LogP contribution in [0.25, 0.3) is 11.3 Å². The number of hydrogen-bond acceptors (Lipinski definition) is 4. The van der Waals surface area contributed by atoms with Crippen LogP contribution in [-0.4, -0.2) is 22.3 Å². The van der Waals surface area contributed by atoms with Crippen LogP contribution in [0.15, 0.2) is 46.5 Å². The molecule has 2 N–H and O–H groups in total. The number of allylic oxidation sites excluding steroid dienone is 2. The first-order chi connectivity index (χ1) is 21.6. The van der Waals surface area contributed by atoms with Crippen molar-refractivity contribution in [3.63, 3.8) is 0 Å². The topological polar surface area (TPSA) is 75.4 Å². The number of aryl methyl sites for hydroxylation is 1. The van der Waals surface area contributed by atoms with Crippen LogP contribution in [0.4, 0.5) is 0 Å². The molecule has 9 atom stereocenters. The summed E-state index contributed by atoms with van der Waals surface area (Å²) in [4.78, 5) is 14.0. The summed E-state index contributed by atoms with van der Waals surface area (Å²) in [6, 6.07) is 10.2. The van der Waals surface area contributed by atoms with Gasteiger partial charge in [-0.05, 0) is 116 Å². The number of fused-ring (bicyclic) bond motifs is 7. The highest BCUT2D eigenvalue weighted by atomic mass is 16.5. The lowest BCUT2D eigenvalue weighted by Gasteiger charge is -2.71. The monoisotopic (exact) mass is 626 g/mol. The van der Waals surface area contributed by atoms with E-state index in [1.54, 1.807) is 5.57 Å². The van der Waals surface area contributed by atoms with Gasteiger partial charge in [-0.2, -0.15) is 0 Å². The summed E-state index contributed by atoms with van der Waals surface area (Å²) in [5.74, 6) is 2.46. The van der Waals surface area contributed by atoms with Crippen molar-refractivity contribution in [1.29, 1.82) is 0 Å². The third kappa shape index (κ3) is 4.56. The Morgan fingerprint density at radius 3 is 2.39 bits per heavy atom. The molecule has 2 unspecified atom stereocenters. The van der Waals surface area contributed by atoms with E-state index < -0.39 is 5.41 Å². The van der Waals surface area contributed by atoms with E-state index in [-0.39, 0.29) is 39.1 Å². The van der Waals surface area contributed by atoms with Crippen LogP contribution in [0, 0.1) is 57.2 Å². The molecule has 0 spiro atoms. The SMILES string of the molecule is Cc1ccc(-c2cc(CNC(=O)[C@@]3(C)CC[C@]4(C)CC[C@]5(C)C(=CCC6[C@@]7(C)CC[C@H](O)C(C)(C)C7CC[C@]65C)[C@@H]4C3)on2)cc1. The first-order valence-corrected chi connectivity index (χ1v) is 18.3. The van der Waals surface area contributed by atoms with Crippen molar-refractivity contribution in [2.24, 2.45) is 50.2 Å². The van der Waals surface area contributed by atoms with E-state index in [1.165, 1.54) is 31.2 Å². The number of aliphatic hydroxyl groups is 1. The summed E-state index contributed by atoms with van der Waals surface area (Å²) in [5, 5.41) is 18.6. The normalized spacial score (nSPS) is 42.9. The van der Waals surface area contributed by atoms with Gasteiger partial charge in [0.25, 0.3) is 0 Å². The van der Waals surface area contributed by atoms with Crippen LogP contribution in [0.2, 0.25) is 0 Å². The highest BCUT2D eigenvalue weighted by Crippen LogP contribution is 2.75. The Morgan fingerprint density at radius 1 is 0.935 bits per heavy atom. The number of benzene rings is 1. The van der Waals surface area contributed by atoms with Gasteiger partial charge in [0.05, 0.1) is 12.6 Å². The van der Waals surface area contributed by atoms with Gasteiger partial charge in [-0.25, -0.2) is 0 Å². The standard InChI is InChI=1S/C41H58N2O3/c1-26-9-11-27(12-10-26)31-23-28(46-43-31)25-42-35(45)38(5)20-19-37(4)21-22-40(7)29(30(37)24-38)13-14-33-39(6)17-16-34(44)36(2,3)32(39)15-18-41(33,40)8/h9-13,23,30,32-34,44H,14-22,24-25H2,1-8H3,(H,42,45)/t30-,32?,33?,34-,37+,38-,39-,40+,41+/m0/s1. The Labute approximate surface area is 277 Å². The number of aliphatic hydroxyl groups excluding tert-OH is 1. The molecule has 1 heterocycles. The van der Waals surface area contributed by atoms with Crippen LogP contribution < -0.4 is 5.32 Å². The summed E-state index contributed by atoms with van der Waals surface area (Å²) in [7, 11) is 0. The fraction of sp³-hybridized carbons (Fsp3) is 0.707. The fourth-order valence-electron chi connectivity index (χ4n) is 12.2. The molecule has 0 aliphatic heterocycles. The molecule has 1 aromatic heterocycles. The van der Waals surface area contributed by atoms with E-state index in [0.29, 0.717) is 30.1 Å². The average Bonchev–Trinajstić information content (AvgIpc) is 3.49. The highest BCUT2D eigenvalue weighted by Gasteiger charge is 2.68. The van der Waals surface area contributed by atoms with Gasteiger partial charge < -0.3 is 14.9 Å². The zero-order valence-electron chi connectivity index (χ0n) is 29.8. The van der Waals surface area contributed by atoms with Crippen molar-refractivity contribution in [1.82, 2.24) is 10.5 Å². The molecule has 1 amide bonds. The van der Waals surface area contributed by atoms with Gasteiger partial charge >= 0.3 is 0 Å². The number of amides is 1. The summed E-state index contributed by atoms with van der Waals surface area (Å²) < 4.78 is 5.64. The quantitative estimate of drug-likeness (QED) is 0.332. The molecule has 7 rings (SSSR count). The molecule has 250 valence electrons. The lowest BCUT2D eigenvalue weighted by atomic mass is 9.33. The van der Waals surface area contributed by atoms with Gasteiger partial charge in [-0.3, -0.25) is 4.79 Å². The fourth-order valence-corrected chi connectivity index (χ4v) is 12.2. The van der Waals surface area contributed by atoms with Crippen molar-refractivity contribution in [2.75, 3.05) is 0 Å². The van der Waals surface area contributed by atoms with E-state index in [1.807, 2.05) is 6.07 Å². The number of rotatable bonds is 4. The van der Waals surface area contributed by atoms with Crippen molar-refractivity contribution in [2.45, 2.75) is 132 Å². The van der Waals surface area contributed by atoms with Gasteiger partial charge in [-0.1, -0.05) is 95.1 Å². The molecule has 2 aromatic rings. The van der Waals surface area contributed by atoms with Crippen LogP contribution >= 0.6 is 0 Å². The number of hydrogen-bond donors (Lipinski definition) is 2. The molecule has 5 aliphatic rings. The number of nitrogens with zero attached hydrogens (tertiary/aromatic N) is 1. The van der Waals surface area contributed by atoms with Crippen LogP contribution in [0.3, 0.4) is 0 Å². The van der Waals surface area contributed by atoms with Crippen molar-refractivity contribution in [3.8, 4) is 11.3 Å². The van der Waals surface area contributed by atoms with Crippen LogP contribution in [0.1, 0.15) is 124 Å². The predicted octanol–water partition coefficient (Wildman–Crippen LogP) is 9.43. The molecule has 46 heavy (non-hydrogen) atoms. The van der Waals surface area contributed by atoms with Crippen molar-refractivity contribution in [3.05, 3.63) is 53.3 Å². The summed E-state index contributed by atoms with van der Waals surface area (Å²) in [6.07, 6.45) is 13.6. The van der Waals surface area contributed by atoms with E-state index in [4.69, 9.17) is 4.52 Å². The largest absolute Gasteiger partial charge is 0.393 e. The summed E-state index contributed by atoms with van der Waals surface area (Å²) in [6.45, 7) is 19.7. The van der Waals surface area contributed by atoms with E-state index in [0.717, 1.165) is 49.8 Å². The molecular weight excluding hydrogens is 568 g/mol. The second-order valence-electron chi connectivity index (χ2n) is 18.4. The third-order valence-corrected chi connectivity index (χ3v) is 15.7. The van der Waals surface area contributed by atoms with Gasteiger partial charge in [0.15, 0.2) is 5.76 Å². The maximum Gasteiger partial charge on any atom is 0.226 e. The zero-order valence-corrected chi connectivity index (χ0v) is 29.8. The van der Waals surface area contributed by atoms with Gasteiger partial charge in [0.2, 0.25) is 5.91 Å². The highest BCUT2D eigenvalue weighted by molar-refractivity contribution is 5.82. The maximum atomic E-state index is 14.0. The van der Waals surface area contributed by atoms with Crippen molar-refractivity contribution < 1.29 is 14.4 Å². The molecule has 0 saturated heterocycles. The van der Waals surface area contributed by atoms with Crippen LogP contribution in [0.5, 0.6) is 0 Å². The van der Waals surface area contributed by atoms with Crippen LogP contribution in [-0.2, 0) is 11.3 Å². The molecule has 0 bridgehead atoms. The smallest absolute Gasteiger partial charge is 0.226 e. The molecular formula is C41H58N2O3. The first-order valence-electron chi connectivity index (χ1n) is 18.3. The molecule has 5 aliphatic carbocycles. The Bertz CT molecular complexity index is 1540. The minimum Gasteiger partial charge on any atom is -0.393 e. The molecule has 4 saturated carbocycles. The summed E-state index contributed by atoms with van der Waals surface area (Å²) >= 11 is 0. The second-order valence-corrected chi connectivity index (χ2v) is 18.4. The Kier molecular flexibility index (Phi) is 7.38. The average molecular weight is 627 g/mol. The van der Waals surface area contributed by atoms with Gasteiger partial charge in [-0.15, -0.1) is 0 Å². The van der Waals surface area contributed by atoms with E-state index in [2.05, 4.69) is 96.2 Å². The molecule has 4 fully saturated rings. The molecule has 5 nitrogen and oxygen atoms in total. The predicted molar refractivity (Wildman–Crippen MR) is 184 cm³/mol. The lowest BCUT2D eigenvalue weighted by Crippen LogP contribution is -2.64. The molecule has 5 heteroatoms. The maximum absolute atomic E-state index is 14.0. The molecule has 0 radical (unpaired) electrons. The van der Waals surface area contributed by atoms with E-state index in [9.17, 15) is 9.90 Å². The molecule has 1 aromatic carbocycles. The Hall–Kier alpha value is -2.40. The summed E-state index contributed by atoms with van der Waals surface area (Å²) in [5.41, 5.74) is 5.16. The van der Waals surface area contributed by atoms with Crippen molar-refractivity contribution >= 4 is 5.91 Å². The zero-order chi connectivity index (χ0) is 32.9. The lowest BCUT2D eigenvalue weighted by molar-refractivity contribution is -0.203. The first kappa shape index (κ1) is 32.2. The minimum absolute atomic E-state index is 0.0309. The number of carbonyl (C=O) groups is 1. The number of nitrogens with one attached hydrogen (secondary N) is 1. The minimum atomic E-state index is -0.409. The second kappa shape index (κ2) is 10.5. The Morgan fingerprint density at radius 2 is 1.65 bits per heavy atom. The number of aromatic nitrogens is 1. The van der Waals surface area contributed by atoms with E-state index >= 15 is 0 Å². The Balaban J connectivity index is 1.11. The van der Waals surface area contributed by atoms with Gasteiger partial charge in [0, 0.05) is 17.0 Å². The third-order valence-electron chi connectivity index (χ3n) is 15.7. The van der Waals surface area contributed by atoms with Gasteiger partial charge in [0.1, 0.15) is 5.69 Å². The number of carbonyl (C=O) groups excluding carboxylic acids is 1.